The van der Waals surface area contributed by atoms with Crippen LogP contribution < -0.4 is 15.0 Å². The third-order valence-electron chi connectivity index (χ3n) is 5.00. The first-order valence-corrected chi connectivity index (χ1v) is 9.87. The summed E-state index contributed by atoms with van der Waals surface area (Å²) in [5.41, 5.74) is 1.89. The number of amides is 1. The fraction of sp³-hybridized carbons (Fsp3) is 0.261. The first kappa shape index (κ1) is 18.9. The fourth-order valence-electron chi connectivity index (χ4n) is 3.45. The van der Waals surface area contributed by atoms with E-state index in [9.17, 15) is 4.79 Å². The van der Waals surface area contributed by atoms with Crippen molar-refractivity contribution >= 4 is 17.5 Å². The van der Waals surface area contributed by atoms with E-state index in [0.29, 0.717) is 19.1 Å². The van der Waals surface area contributed by atoms with Crippen molar-refractivity contribution in [3.05, 3.63) is 78.6 Å². The van der Waals surface area contributed by atoms with Crippen LogP contribution in [-0.2, 0) is 11.4 Å². The molecule has 29 heavy (non-hydrogen) atoms. The summed E-state index contributed by atoms with van der Waals surface area (Å²) in [4.78, 5) is 23.4. The number of carbonyl (C=O) groups excluding carboxylic acids is 1. The molecule has 1 aliphatic rings. The molecule has 4 rings (SSSR count). The van der Waals surface area contributed by atoms with Gasteiger partial charge in [0.2, 0.25) is 11.9 Å². The van der Waals surface area contributed by atoms with Crippen LogP contribution in [0.4, 0.5) is 11.6 Å². The molecule has 2 aromatic carbocycles. The van der Waals surface area contributed by atoms with Gasteiger partial charge in [-0.25, -0.2) is 9.97 Å². The van der Waals surface area contributed by atoms with Gasteiger partial charge in [-0.2, -0.15) is 0 Å². The Hall–Kier alpha value is -3.41. The first-order chi connectivity index (χ1) is 14.3. The van der Waals surface area contributed by atoms with Crippen LogP contribution in [0.15, 0.2) is 73.1 Å². The highest BCUT2D eigenvalue weighted by molar-refractivity contribution is 5.93. The van der Waals surface area contributed by atoms with Gasteiger partial charge in [-0.3, -0.25) is 4.79 Å². The van der Waals surface area contributed by atoms with Crippen LogP contribution >= 0.6 is 0 Å². The van der Waals surface area contributed by atoms with Gasteiger partial charge in [0.05, 0.1) is 5.92 Å². The summed E-state index contributed by atoms with van der Waals surface area (Å²) in [6.07, 6.45) is 5.27. The summed E-state index contributed by atoms with van der Waals surface area (Å²) in [5, 5.41) is 3.02. The Bertz CT molecular complexity index is 917. The molecular formula is C23H24N4O2. The van der Waals surface area contributed by atoms with Crippen LogP contribution in [0.1, 0.15) is 18.4 Å². The minimum absolute atomic E-state index is 0.0311. The molecule has 1 atom stereocenters. The molecule has 2 heterocycles. The molecule has 148 valence electrons. The summed E-state index contributed by atoms with van der Waals surface area (Å²) in [5.74, 6) is 1.41. The molecule has 0 saturated carbocycles. The minimum atomic E-state index is -0.0819. The molecule has 0 bridgehead atoms. The summed E-state index contributed by atoms with van der Waals surface area (Å²) in [6, 6.07) is 19.3. The highest BCUT2D eigenvalue weighted by Gasteiger charge is 2.27. The number of nitrogens with zero attached hydrogens (tertiary/aromatic N) is 3. The Kier molecular flexibility index (Phi) is 6.00. The van der Waals surface area contributed by atoms with E-state index < -0.39 is 0 Å². The summed E-state index contributed by atoms with van der Waals surface area (Å²) < 4.78 is 5.80. The molecule has 6 nitrogen and oxygen atoms in total. The summed E-state index contributed by atoms with van der Waals surface area (Å²) in [6.45, 7) is 2.03. The van der Waals surface area contributed by atoms with Crippen LogP contribution in [0, 0.1) is 5.92 Å². The predicted molar refractivity (Wildman–Crippen MR) is 113 cm³/mol. The van der Waals surface area contributed by atoms with Crippen molar-refractivity contribution < 1.29 is 9.53 Å². The van der Waals surface area contributed by atoms with Crippen molar-refractivity contribution in [2.24, 2.45) is 5.92 Å². The average molecular weight is 388 g/mol. The molecular weight excluding hydrogens is 364 g/mol. The maximum absolute atomic E-state index is 12.7. The third-order valence-corrected chi connectivity index (χ3v) is 5.00. The second-order valence-electron chi connectivity index (χ2n) is 7.12. The lowest BCUT2D eigenvalue weighted by Crippen LogP contribution is -2.41. The molecule has 0 radical (unpaired) electrons. The zero-order valence-electron chi connectivity index (χ0n) is 16.2. The number of hydrogen-bond donors (Lipinski definition) is 1. The lowest BCUT2D eigenvalue weighted by molar-refractivity contribution is -0.120. The van der Waals surface area contributed by atoms with Gasteiger partial charge in [0.25, 0.3) is 0 Å². The largest absolute Gasteiger partial charge is 0.489 e. The lowest BCUT2D eigenvalue weighted by atomic mass is 9.97. The topological polar surface area (TPSA) is 67.3 Å². The van der Waals surface area contributed by atoms with E-state index in [2.05, 4.69) is 20.2 Å². The molecule has 0 aliphatic carbocycles. The van der Waals surface area contributed by atoms with Gasteiger partial charge in [0.15, 0.2) is 0 Å². The van der Waals surface area contributed by atoms with Gasteiger partial charge >= 0.3 is 0 Å². The van der Waals surface area contributed by atoms with Crippen LogP contribution in [0.25, 0.3) is 0 Å². The van der Waals surface area contributed by atoms with E-state index in [4.69, 9.17) is 4.74 Å². The molecule has 0 spiro atoms. The highest BCUT2D eigenvalue weighted by Crippen LogP contribution is 2.22. The monoisotopic (exact) mass is 388 g/mol. The Balaban J connectivity index is 1.31. The van der Waals surface area contributed by atoms with Crippen molar-refractivity contribution in [1.29, 1.82) is 0 Å². The van der Waals surface area contributed by atoms with Crippen LogP contribution in [-0.4, -0.2) is 29.0 Å². The third kappa shape index (κ3) is 5.10. The Morgan fingerprint density at radius 3 is 2.55 bits per heavy atom. The van der Waals surface area contributed by atoms with Crippen LogP contribution in [0.5, 0.6) is 5.75 Å². The van der Waals surface area contributed by atoms with E-state index >= 15 is 0 Å². The Labute approximate surface area is 170 Å². The Morgan fingerprint density at radius 1 is 1.03 bits per heavy atom. The number of aromatic nitrogens is 2. The number of hydrogen-bond acceptors (Lipinski definition) is 5. The molecule has 1 aliphatic heterocycles. The Morgan fingerprint density at radius 2 is 1.79 bits per heavy atom. The smallest absolute Gasteiger partial charge is 0.229 e. The highest BCUT2D eigenvalue weighted by atomic mass is 16.5. The normalized spacial score (nSPS) is 16.3. The fourth-order valence-corrected chi connectivity index (χ4v) is 3.45. The first-order valence-electron chi connectivity index (χ1n) is 9.87. The molecule has 1 fully saturated rings. The SMILES string of the molecule is O=C(Nc1ccc(OCc2ccccc2)cc1)[C@@H]1CCCN(c2ncccn2)C1. The minimum Gasteiger partial charge on any atom is -0.489 e. The van der Waals surface area contributed by atoms with Gasteiger partial charge in [-0.1, -0.05) is 30.3 Å². The van der Waals surface area contributed by atoms with Gasteiger partial charge in [0, 0.05) is 31.2 Å². The number of anilines is 2. The predicted octanol–water partition coefficient (Wildman–Crippen LogP) is 3.91. The summed E-state index contributed by atoms with van der Waals surface area (Å²) in [7, 11) is 0. The van der Waals surface area contributed by atoms with Gasteiger partial charge < -0.3 is 15.0 Å². The van der Waals surface area contributed by atoms with Gasteiger partial charge in [-0.05, 0) is 48.7 Å². The van der Waals surface area contributed by atoms with E-state index in [0.717, 1.165) is 36.4 Å². The van der Waals surface area contributed by atoms with Gasteiger partial charge in [0.1, 0.15) is 12.4 Å². The zero-order chi connectivity index (χ0) is 19.9. The van der Waals surface area contributed by atoms with Gasteiger partial charge in [-0.15, -0.1) is 0 Å². The van der Waals surface area contributed by atoms with Crippen molar-refractivity contribution in [3.8, 4) is 5.75 Å². The second kappa shape index (κ2) is 9.19. The van der Waals surface area contributed by atoms with E-state index in [1.165, 1.54) is 0 Å². The quantitative estimate of drug-likeness (QED) is 0.693. The molecule has 1 N–H and O–H groups in total. The number of nitrogens with one attached hydrogen (secondary N) is 1. The maximum atomic E-state index is 12.7. The molecule has 0 unspecified atom stereocenters. The number of ether oxygens (including phenoxy) is 1. The van der Waals surface area contributed by atoms with E-state index in [1.54, 1.807) is 18.5 Å². The van der Waals surface area contributed by atoms with Crippen LogP contribution in [0.3, 0.4) is 0 Å². The number of rotatable bonds is 6. The molecule has 1 saturated heterocycles. The number of carbonyl (C=O) groups is 1. The average Bonchev–Trinajstić information content (AvgIpc) is 2.80. The van der Waals surface area contributed by atoms with Crippen molar-refractivity contribution in [2.45, 2.75) is 19.4 Å². The van der Waals surface area contributed by atoms with Crippen molar-refractivity contribution in [1.82, 2.24) is 9.97 Å². The van der Waals surface area contributed by atoms with E-state index in [-0.39, 0.29) is 11.8 Å². The zero-order valence-corrected chi connectivity index (χ0v) is 16.2. The van der Waals surface area contributed by atoms with Crippen LogP contribution in [0.2, 0.25) is 0 Å². The van der Waals surface area contributed by atoms with Crippen molar-refractivity contribution in [2.75, 3.05) is 23.3 Å². The van der Waals surface area contributed by atoms with Crippen molar-refractivity contribution in [3.63, 3.8) is 0 Å². The number of benzene rings is 2. The summed E-state index contributed by atoms with van der Waals surface area (Å²) >= 11 is 0. The molecule has 3 aromatic rings. The molecule has 1 amide bonds. The second-order valence-corrected chi connectivity index (χ2v) is 7.12. The van der Waals surface area contributed by atoms with E-state index in [1.807, 2.05) is 54.6 Å². The lowest BCUT2D eigenvalue weighted by Gasteiger charge is -2.31. The number of piperidine rings is 1. The maximum Gasteiger partial charge on any atom is 0.229 e. The molecule has 1 aromatic heterocycles. The standard InChI is InChI=1S/C23H24N4O2/c28-22(19-8-4-15-27(16-19)23-24-13-5-14-25-23)26-20-9-11-21(12-10-20)29-17-18-6-2-1-3-7-18/h1-3,5-7,9-14,19H,4,8,15-17H2,(H,26,28)/t19-/m1/s1. The molecule has 6 heteroatoms.